The Balaban J connectivity index is 1.48. The molecular weight excluding hydrogens is 382 g/mol. The van der Waals surface area contributed by atoms with E-state index in [-0.39, 0.29) is 22.6 Å². The number of carbonyl (C=O) groups excluding carboxylic acids is 2. The normalized spacial score (nSPS) is 29.7. The van der Waals surface area contributed by atoms with Crippen molar-refractivity contribution in [2.45, 2.75) is 71.1 Å². The number of benzene rings is 2. The number of carbonyl (C=O) groups is 2. The summed E-state index contributed by atoms with van der Waals surface area (Å²) >= 11 is 0. The zero-order valence-corrected chi connectivity index (χ0v) is 19.2. The molecule has 31 heavy (non-hydrogen) atoms. The molecule has 0 bridgehead atoms. The summed E-state index contributed by atoms with van der Waals surface area (Å²) in [4.78, 5) is 27.7. The van der Waals surface area contributed by atoms with Crippen LogP contribution in [-0.4, -0.2) is 23.3 Å². The van der Waals surface area contributed by atoms with Crippen molar-refractivity contribution < 1.29 is 9.59 Å². The van der Waals surface area contributed by atoms with Crippen molar-refractivity contribution in [1.29, 1.82) is 0 Å². The van der Waals surface area contributed by atoms with Crippen molar-refractivity contribution in [3.8, 4) is 0 Å². The summed E-state index contributed by atoms with van der Waals surface area (Å²) in [6, 6.07) is 14.4. The van der Waals surface area contributed by atoms with Crippen LogP contribution in [0.4, 0.5) is 0 Å². The fourth-order valence-electron chi connectivity index (χ4n) is 6.94. The number of aryl methyl sites for hydroxylation is 1. The number of nitrogens with zero attached hydrogens (tertiary/aromatic N) is 1. The summed E-state index contributed by atoms with van der Waals surface area (Å²) < 4.78 is 0. The molecule has 0 radical (unpaired) electrons. The van der Waals surface area contributed by atoms with Crippen LogP contribution in [0.1, 0.15) is 96.7 Å². The van der Waals surface area contributed by atoms with Crippen molar-refractivity contribution in [2.75, 3.05) is 6.54 Å². The topological polar surface area (TPSA) is 37.4 Å². The van der Waals surface area contributed by atoms with Crippen LogP contribution in [0.5, 0.6) is 0 Å². The Morgan fingerprint density at radius 1 is 1.00 bits per heavy atom. The van der Waals surface area contributed by atoms with Gasteiger partial charge in [-0.1, -0.05) is 64.4 Å². The molecule has 1 aliphatic heterocycles. The molecule has 2 aromatic rings. The predicted molar refractivity (Wildman–Crippen MR) is 123 cm³/mol. The Hall–Kier alpha value is -2.42. The largest absolute Gasteiger partial charge is 0.274 e. The lowest BCUT2D eigenvalue weighted by Crippen LogP contribution is -2.54. The molecule has 0 spiro atoms. The molecule has 1 fully saturated rings. The number of hydrogen-bond donors (Lipinski definition) is 0. The molecule has 2 amide bonds. The molecule has 3 nitrogen and oxygen atoms in total. The van der Waals surface area contributed by atoms with E-state index in [1.165, 1.54) is 28.0 Å². The van der Waals surface area contributed by atoms with Crippen LogP contribution in [0.3, 0.4) is 0 Å². The number of fused-ring (bicyclic) bond motifs is 4. The Labute approximate surface area is 185 Å². The molecule has 0 aromatic heterocycles. The van der Waals surface area contributed by atoms with Gasteiger partial charge in [-0.2, -0.15) is 0 Å². The molecule has 1 saturated carbocycles. The lowest BCUT2D eigenvalue weighted by atomic mass is 9.49. The molecular formula is C28H33NO2. The molecule has 2 aromatic carbocycles. The van der Waals surface area contributed by atoms with Gasteiger partial charge in [0, 0.05) is 6.54 Å². The van der Waals surface area contributed by atoms with Crippen LogP contribution in [0.15, 0.2) is 42.5 Å². The Morgan fingerprint density at radius 3 is 2.32 bits per heavy atom. The molecule has 0 N–H and O–H groups in total. The van der Waals surface area contributed by atoms with Gasteiger partial charge < -0.3 is 0 Å². The fraction of sp³-hybridized carbons (Fsp3) is 0.500. The second-order valence-corrected chi connectivity index (χ2v) is 10.8. The van der Waals surface area contributed by atoms with E-state index in [9.17, 15) is 9.59 Å². The van der Waals surface area contributed by atoms with Crippen LogP contribution >= 0.6 is 0 Å². The molecule has 162 valence electrons. The smallest absolute Gasteiger partial charge is 0.261 e. The van der Waals surface area contributed by atoms with E-state index < -0.39 is 0 Å². The van der Waals surface area contributed by atoms with E-state index in [2.05, 4.69) is 45.9 Å². The lowest BCUT2D eigenvalue weighted by Gasteiger charge is -2.56. The van der Waals surface area contributed by atoms with Gasteiger partial charge in [-0.3, -0.25) is 14.5 Å². The predicted octanol–water partition coefficient (Wildman–Crippen LogP) is 6.12. The van der Waals surface area contributed by atoms with Crippen molar-refractivity contribution in [2.24, 2.45) is 11.3 Å². The van der Waals surface area contributed by atoms with Gasteiger partial charge >= 0.3 is 0 Å². The number of amides is 2. The molecule has 1 heterocycles. The Morgan fingerprint density at radius 2 is 1.68 bits per heavy atom. The Kier molecular flexibility index (Phi) is 4.66. The minimum atomic E-state index is -0.119. The van der Waals surface area contributed by atoms with E-state index >= 15 is 0 Å². The van der Waals surface area contributed by atoms with Crippen molar-refractivity contribution in [1.82, 2.24) is 4.90 Å². The minimum absolute atomic E-state index is 0.0607. The van der Waals surface area contributed by atoms with Crippen LogP contribution < -0.4 is 0 Å². The van der Waals surface area contributed by atoms with Gasteiger partial charge in [-0.05, 0) is 77.2 Å². The van der Waals surface area contributed by atoms with E-state index in [0.29, 0.717) is 29.5 Å². The van der Waals surface area contributed by atoms with E-state index in [0.717, 1.165) is 25.7 Å². The first-order chi connectivity index (χ1) is 14.7. The summed E-state index contributed by atoms with van der Waals surface area (Å²) in [5, 5.41) is 0. The van der Waals surface area contributed by atoms with Gasteiger partial charge in [0.25, 0.3) is 11.8 Å². The molecule has 3 aliphatic rings. The van der Waals surface area contributed by atoms with Gasteiger partial charge in [0.1, 0.15) is 0 Å². The quantitative estimate of drug-likeness (QED) is 0.567. The van der Waals surface area contributed by atoms with Gasteiger partial charge in [0.15, 0.2) is 0 Å². The highest BCUT2D eigenvalue weighted by Crippen LogP contribution is 2.57. The highest BCUT2D eigenvalue weighted by molar-refractivity contribution is 6.21. The molecule has 3 heteroatoms. The third-order valence-corrected chi connectivity index (χ3v) is 8.57. The second-order valence-electron chi connectivity index (χ2n) is 10.8. The molecule has 3 atom stereocenters. The molecule has 0 saturated heterocycles. The number of hydrogen-bond acceptors (Lipinski definition) is 2. The van der Waals surface area contributed by atoms with Crippen molar-refractivity contribution in [3.63, 3.8) is 0 Å². The molecule has 2 aliphatic carbocycles. The summed E-state index contributed by atoms with van der Waals surface area (Å²) in [5.74, 6) is 0.774. The third-order valence-electron chi connectivity index (χ3n) is 8.57. The molecule has 0 unspecified atom stereocenters. The zero-order chi connectivity index (χ0) is 22.0. The van der Waals surface area contributed by atoms with Crippen LogP contribution in [0, 0.1) is 11.3 Å². The van der Waals surface area contributed by atoms with E-state index in [1.807, 2.05) is 12.1 Å². The first-order valence-electron chi connectivity index (χ1n) is 11.8. The Bertz CT molecular complexity index is 1040. The number of rotatable bonds is 3. The standard InChI is InChI=1S/C28H33NO2/c1-18(2)19-10-12-23-20(16-19)11-13-24-27(3,14-7-15-28(23,24)4)17-29-25(30)21-8-5-6-9-22(21)26(29)31/h5-6,8-10,12,16,18,24H,7,11,13-15,17H2,1-4H3/t24-,27-,28+/m0/s1. The van der Waals surface area contributed by atoms with Gasteiger partial charge in [-0.25, -0.2) is 0 Å². The highest BCUT2D eigenvalue weighted by Gasteiger charge is 2.53. The number of imide groups is 1. The van der Waals surface area contributed by atoms with E-state index in [4.69, 9.17) is 0 Å². The average Bonchev–Trinajstić information content (AvgIpc) is 2.98. The fourth-order valence-corrected chi connectivity index (χ4v) is 6.94. The maximum atomic E-state index is 13.1. The minimum Gasteiger partial charge on any atom is -0.274 e. The lowest BCUT2D eigenvalue weighted by molar-refractivity contribution is 0.00196. The zero-order valence-electron chi connectivity index (χ0n) is 19.2. The van der Waals surface area contributed by atoms with Crippen molar-refractivity contribution >= 4 is 11.8 Å². The second kappa shape index (κ2) is 7.05. The van der Waals surface area contributed by atoms with E-state index in [1.54, 1.807) is 12.1 Å². The van der Waals surface area contributed by atoms with Crippen molar-refractivity contribution in [3.05, 3.63) is 70.3 Å². The van der Waals surface area contributed by atoms with Crippen LogP contribution in [0.25, 0.3) is 0 Å². The van der Waals surface area contributed by atoms with Gasteiger partial charge in [-0.15, -0.1) is 0 Å². The van der Waals surface area contributed by atoms with Crippen LogP contribution in [0.2, 0.25) is 0 Å². The summed E-state index contributed by atoms with van der Waals surface area (Å²) in [6.07, 6.45) is 5.61. The summed E-state index contributed by atoms with van der Waals surface area (Å²) in [7, 11) is 0. The third kappa shape index (κ3) is 3.00. The van der Waals surface area contributed by atoms with Gasteiger partial charge in [0.2, 0.25) is 0 Å². The first-order valence-corrected chi connectivity index (χ1v) is 11.8. The summed E-state index contributed by atoms with van der Waals surface area (Å²) in [5.41, 5.74) is 5.60. The SMILES string of the molecule is CC(C)c1ccc2c(c1)CC[C@H]1[C@](C)(CN3C(=O)c4ccccc4C3=O)CCC[C@]21C. The average molecular weight is 416 g/mol. The monoisotopic (exact) mass is 415 g/mol. The van der Waals surface area contributed by atoms with Gasteiger partial charge in [0.05, 0.1) is 11.1 Å². The first kappa shape index (κ1) is 20.5. The molecule has 5 rings (SSSR count). The summed E-state index contributed by atoms with van der Waals surface area (Å²) in [6.45, 7) is 9.80. The maximum absolute atomic E-state index is 13.1. The maximum Gasteiger partial charge on any atom is 0.261 e. The van der Waals surface area contributed by atoms with Crippen LogP contribution in [-0.2, 0) is 11.8 Å². The highest BCUT2D eigenvalue weighted by atomic mass is 16.2.